The minimum atomic E-state index is 0.876. The molecule has 0 saturated heterocycles. The first-order chi connectivity index (χ1) is 6.33. The maximum Gasteiger partial charge on any atom is 0.00682 e. The molecule has 1 aliphatic rings. The van der Waals surface area contributed by atoms with Gasteiger partial charge in [0, 0.05) is 6.04 Å². The van der Waals surface area contributed by atoms with E-state index in [0.29, 0.717) is 0 Å². The number of rotatable bonds is 8. The van der Waals surface area contributed by atoms with E-state index in [9.17, 15) is 0 Å². The smallest absolute Gasteiger partial charge is 0.00682 e. The van der Waals surface area contributed by atoms with Gasteiger partial charge in [-0.05, 0) is 52.4 Å². The van der Waals surface area contributed by atoms with Crippen LogP contribution >= 0.6 is 0 Å². The zero-order valence-electron chi connectivity index (χ0n) is 9.18. The fraction of sp³-hybridized carbons (Fsp3) is 1.00. The van der Waals surface area contributed by atoms with E-state index < -0.39 is 0 Å². The molecule has 1 fully saturated rings. The summed E-state index contributed by atoms with van der Waals surface area (Å²) >= 11 is 0. The summed E-state index contributed by atoms with van der Waals surface area (Å²) in [6.07, 6.45) is 6.77. The lowest BCUT2D eigenvalue weighted by atomic mass is 10.3. The molecule has 0 unspecified atom stereocenters. The standard InChI is InChI=1S/C11H24N2/c1-3-4-9-13(2)10-5-8-12-11-6-7-11/h11-12H,3-10H2,1-2H3. The Morgan fingerprint density at radius 3 is 2.54 bits per heavy atom. The topological polar surface area (TPSA) is 15.3 Å². The summed E-state index contributed by atoms with van der Waals surface area (Å²) in [4.78, 5) is 2.44. The molecule has 0 heterocycles. The van der Waals surface area contributed by atoms with Crippen molar-refractivity contribution < 1.29 is 0 Å². The fourth-order valence-corrected chi connectivity index (χ4v) is 1.48. The molecule has 1 saturated carbocycles. The van der Waals surface area contributed by atoms with Crippen LogP contribution in [0.25, 0.3) is 0 Å². The van der Waals surface area contributed by atoms with Crippen LogP contribution in [0.4, 0.5) is 0 Å². The van der Waals surface area contributed by atoms with E-state index >= 15 is 0 Å². The lowest BCUT2D eigenvalue weighted by molar-refractivity contribution is 0.321. The molecule has 1 N–H and O–H groups in total. The first-order valence-corrected chi connectivity index (χ1v) is 5.75. The molecule has 0 aliphatic heterocycles. The van der Waals surface area contributed by atoms with Crippen LogP contribution in [0, 0.1) is 0 Å². The van der Waals surface area contributed by atoms with Crippen LogP contribution in [0.3, 0.4) is 0 Å². The molecule has 2 heteroatoms. The van der Waals surface area contributed by atoms with E-state index in [1.165, 1.54) is 51.7 Å². The molecule has 78 valence electrons. The third kappa shape index (κ3) is 6.05. The Bertz CT molecular complexity index is 121. The maximum absolute atomic E-state index is 3.54. The van der Waals surface area contributed by atoms with Crippen LogP contribution < -0.4 is 5.32 Å². The minimum Gasteiger partial charge on any atom is -0.314 e. The second kappa shape index (κ2) is 6.39. The molecular formula is C11H24N2. The highest BCUT2D eigenvalue weighted by atomic mass is 15.1. The Kier molecular flexibility index (Phi) is 5.40. The van der Waals surface area contributed by atoms with Gasteiger partial charge in [-0.3, -0.25) is 0 Å². The number of hydrogen-bond donors (Lipinski definition) is 1. The van der Waals surface area contributed by atoms with Crippen LogP contribution in [-0.4, -0.2) is 37.6 Å². The fourth-order valence-electron chi connectivity index (χ4n) is 1.48. The van der Waals surface area contributed by atoms with Crippen molar-refractivity contribution in [1.29, 1.82) is 0 Å². The summed E-state index contributed by atoms with van der Waals surface area (Å²) in [6, 6.07) is 0.876. The normalized spacial score (nSPS) is 16.8. The van der Waals surface area contributed by atoms with Crippen molar-refractivity contribution in [3.63, 3.8) is 0 Å². The molecular weight excluding hydrogens is 160 g/mol. The quantitative estimate of drug-likeness (QED) is 0.579. The number of nitrogens with one attached hydrogen (secondary N) is 1. The largest absolute Gasteiger partial charge is 0.314 e. The Hall–Kier alpha value is -0.0800. The second-order valence-electron chi connectivity index (χ2n) is 4.24. The van der Waals surface area contributed by atoms with Gasteiger partial charge in [0.15, 0.2) is 0 Å². The first-order valence-electron chi connectivity index (χ1n) is 5.75. The summed E-state index contributed by atoms with van der Waals surface area (Å²) < 4.78 is 0. The van der Waals surface area contributed by atoms with E-state index in [1.54, 1.807) is 0 Å². The Balaban J connectivity index is 1.79. The number of nitrogens with zero attached hydrogens (tertiary/aromatic N) is 1. The van der Waals surface area contributed by atoms with E-state index in [2.05, 4.69) is 24.2 Å². The molecule has 0 bridgehead atoms. The van der Waals surface area contributed by atoms with Crippen molar-refractivity contribution in [2.24, 2.45) is 0 Å². The van der Waals surface area contributed by atoms with Crippen molar-refractivity contribution in [2.75, 3.05) is 26.7 Å². The van der Waals surface area contributed by atoms with E-state index in [0.717, 1.165) is 6.04 Å². The van der Waals surface area contributed by atoms with Crippen molar-refractivity contribution >= 4 is 0 Å². The van der Waals surface area contributed by atoms with Gasteiger partial charge in [0.25, 0.3) is 0 Å². The van der Waals surface area contributed by atoms with Crippen molar-refractivity contribution in [3.05, 3.63) is 0 Å². The zero-order chi connectivity index (χ0) is 9.52. The van der Waals surface area contributed by atoms with Gasteiger partial charge in [-0.25, -0.2) is 0 Å². The Morgan fingerprint density at radius 1 is 1.23 bits per heavy atom. The van der Waals surface area contributed by atoms with Crippen molar-refractivity contribution in [1.82, 2.24) is 10.2 Å². The second-order valence-corrected chi connectivity index (χ2v) is 4.24. The average molecular weight is 184 g/mol. The molecule has 1 rings (SSSR count). The average Bonchev–Trinajstić information content (AvgIpc) is 2.92. The van der Waals surface area contributed by atoms with E-state index in [4.69, 9.17) is 0 Å². The number of unbranched alkanes of at least 4 members (excludes halogenated alkanes) is 1. The van der Waals surface area contributed by atoms with Gasteiger partial charge in [-0.1, -0.05) is 13.3 Å². The number of hydrogen-bond acceptors (Lipinski definition) is 2. The predicted octanol–water partition coefficient (Wildman–Crippen LogP) is 1.86. The highest BCUT2D eigenvalue weighted by molar-refractivity contribution is 4.80. The molecule has 0 amide bonds. The molecule has 0 aromatic carbocycles. The van der Waals surface area contributed by atoms with Gasteiger partial charge in [-0.2, -0.15) is 0 Å². The van der Waals surface area contributed by atoms with Crippen LogP contribution in [0.5, 0.6) is 0 Å². The first kappa shape index (κ1) is 11.0. The highest BCUT2D eigenvalue weighted by Crippen LogP contribution is 2.18. The third-order valence-corrected chi connectivity index (χ3v) is 2.62. The third-order valence-electron chi connectivity index (χ3n) is 2.62. The van der Waals surface area contributed by atoms with E-state index in [-0.39, 0.29) is 0 Å². The SMILES string of the molecule is CCCCN(C)CCCNC1CC1. The van der Waals surface area contributed by atoms with Crippen LogP contribution in [-0.2, 0) is 0 Å². The van der Waals surface area contributed by atoms with Gasteiger partial charge >= 0.3 is 0 Å². The summed E-state index contributed by atoms with van der Waals surface area (Å²) in [5.74, 6) is 0. The van der Waals surface area contributed by atoms with Gasteiger partial charge in [0.05, 0.1) is 0 Å². The molecule has 2 nitrogen and oxygen atoms in total. The molecule has 0 aromatic heterocycles. The summed E-state index contributed by atoms with van der Waals surface area (Å²) in [5, 5.41) is 3.54. The Labute approximate surface area is 82.7 Å². The summed E-state index contributed by atoms with van der Waals surface area (Å²) in [6.45, 7) is 5.98. The maximum atomic E-state index is 3.54. The van der Waals surface area contributed by atoms with Gasteiger partial charge in [0.1, 0.15) is 0 Å². The molecule has 0 spiro atoms. The lowest BCUT2D eigenvalue weighted by Gasteiger charge is -2.15. The molecule has 1 aliphatic carbocycles. The molecule has 0 atom stereocenters. The highest BCUT2D eigenvalue weighted by Gasteiger charge is 2.19. The lowest BCUT2D eigenvalue weighted by Crippen LogP contribution is -2.25. The van der Waals surface area contributed by atoms with Gasteiger partial charge in [-0.15, -0.1) is 0 Å². The molecule has 0 radical (unpaired) electrons. The molecule has 0 aromatic rings. The summed E-state index contributed by atoms with van der Waals surface area (Å²) in [7, 11) is 2.23. The minimum absolute atomic E-state index is 0.876. The molecule has 13 heavy (non-hydrogen) atoms. The van der Waals surface area contributed by atoms with Crippen molar-refractivity contribution in [3.8, 4) is 0 Å². The predicted molar refractivity (Wildman–Crippen MR) is 58.0 cm³/mol. The van der Waals surface area contributed by atoms with Gasteiger partial charge < -0.3 is 10.2 Å². The van der Waals surface area contributed by atoms with Crippen LogP contribution in [0.2, 0.25) is 0 Å². The van der Waals surface area contributed by atoms with Gasteiger partial charge in [0.2, 0.25) is 0 Å². The summed E-state index contributed by atoms with van der Waals surface area (Å²) in [5.41, 5.74) is 0. The zero-order valence-corrected chi connectivity index (χ0v) is 9.18. The van der Waals surface area contributed by atoms with Crippen LogP contribution in [0.1, 0.15) is 39.0 Å². The van der Waals surface area contributed by atoms with E-state index in [1.807, 2.05) is 0 Å². The Morgan fingerprint density at radius 2 is 1.92 bits per heavy atom. The van der Waals surface area contributed by atoms with Crippen molar-refractivity contribution in [2.45, 2.75) is 45.1 Å². The van der Waals surface area contributed by atoms with Crippen LogP contribution in [0.15, 0.2) is 0 Å². The monoisotopic (exact) mass is 184 g/mol.